The topological polar surface area (TPSA) is 9.72 Å². The first kappa shape index (κ1) is 62.7. The summed E-state index contributed by atoms with van der Waals surface area (Å²) in [6.45, 7) is -0.228. The fourth-order valence-electron chi connectivity index (χ4n) is 21.6. The highest BCUT2D eigenvalue weighted by Gasteiger charge is 2.50. The van der Waals surface area contributed by atoms with Gasteiger partial charge in [0.1, 0.15) is 0 Å². The molecule has 4 bridgehead atoms. The van der Waals surface area contributed by atoms with Crippen molar-refractivity contribution in [3.8, 4) is 89.0 Å². The van der Waals surface area contributed by atoms with Crippen molar-refractivity contribution in [1.82, 2.24) is 0 Å². The monoisotopic (exact) mass is 1410 g/mol. The summed E-state index contributed by atoms with van der Waals surface area (Å²) >= 11 is 0. The average molecular weight is 1410 g/mol. The smallest absolute Gasteiger partial charge is 0.252 e. The molecule has 0 aromatic heterocycles. The molecular formula is C107H74BN3. The van der Waals surface area contributed by atoms with Crippen molar-refractivity contribution in [3.05, 3.63) is 364 Å². The van der Waals surface area contributed by atoms with Gasteiger partial charge in [-0.25, -0.2) is 0 Å². The molecule has 520 valence electrons. The molecule has 19 aromatic carbocycles. The SMILES string of the molecule is c1ccc(-c2cc(-c3ccccc3)c(N3c4cc(-c5ccc6ccc7cccc8ccc5c6c78)ccc4B4c5ccc(-c6ccc7ccc8cccc9ccc6c7c89)cc5N(c5c(-c6ccccc6)cc(-c6ccccc6)cc5-c5ccccc5)c5cc(N6C7CC8CC(C7)CC6C8)cc3c54)c(-c3ccccc3)c2)cc1. The maximum Gasteiger partial charge on any atom is 0.252 e. The molecule has 2 aliphatic carbocycles. The van der Waals surface area contributed by atoms with Crippen molar-refractivity contribution in [1.29, 1.82) is 0 Å². The average Bonchev–Trinajstić information content (AvgIpc) is 0.683. The Kier molecular flexibility index (Phi) is 13.9. The van der Waals surface area contributed by atoms with Crippen molar-refractivity contribution in [2.45, 2.75) is 44.2 Å². The molecule has 4 fully saturated rings. The second-order valence-electron chi connectivity index (χ2n) is 32.1. The molecule has 3 nitrogen and oxygen atoms in total. The summed E-state index contributed by atoms with van der Waals surface area (Å²) < 4.78 is 0. The van der Waals surface area contributed by atoms with Crippen LogP contribution >= 0.6 is 0 Å². The quantitative estimate of drug-likeness (QED) is 0.0944. The van der Waals surface area contributed by atoms with Crippen molar-refractivity contribution in [2.75, 3.05) is 14.7 Å². The number of benzene rings is 19. The Hall–Kier alpha value is -13.3. The first-order chi connectivity index (χ1) is 55.0. The van der Waals surface area contributed by atoms with Crippen LogP contribution in [0, 0.1) is 11.8 Å². The molecule has 4 heterocycles. The van der Waals surface area contributed by atoms with Crippen LogP contribution in [-0.2, 0) is 0 Å². The third-order valence-electron chi connectivity index (χ3n) is 26.1. The van der Waals surface area contributed by atoms with E-state index in [-0.39, 0.29) is 6.71 Å². The first-order valence-corrected chi connectivity index (χ1v) is 39.9. The predicted octanol–water partition coefficient (Wildman–Crippen LogP) is 26.7. The summed E-state index contributed by atoms with van der Waals surface area (Å²) in [5, 5.41) is 15.4. The van der Waals surface area contributed by atoms with Crippen molar-refractivity contribution < 1.29 is 0 Å². The number of hydrogen-bond donors (Lipinski definition) is 0. The Bertz CT molecular complexity index is 6380. The van der Waals surface area contributed by atoms with Gasteiger partial charge in [0, 0.05) is 62.8 Å². The second-order valence-corrected chi connectivity index (χ2v) is 32.1. The summed E-state index contributed by atoms with van der Waals surface area (Å²) in [5.74, 6) is 1.50. The highest BCUT2D eigenvalue weighted by Crippen LogP contribution is 2.59. The van der Waals surface area contributed by atoms with Gasteiger partial charge in [-0.3, -0.25) is 0 Å². The normalized spacial score (nSPS) is 16.8. The van der Waals surface area contributed by atoms with Crippen LogP contribution in [0.25, 0.3) is 154 Å². The van der Waals surface area contributed by atoms with Crippen LogP contribution in [0.5, 0.6) is 0 Å². The molecule has 4 aliphatic heterocycles. The molecule has 0 atom stereocenters. The maximum atomic E-state index is 2.98. The minimum Gasteiger partial charge on any atom is -0.365 e. The highest BCUT2D eigenvalue weighted by atomic mass is 15.2. The maximum absolute atomic E-state index is 2.98. The summed E-state index contributed by atoms with van der Waals surface area (Å²) in [5.41, 5.74) is 31.1. The minimum absolute atomic E-state index is 0.228. The number of rotatable bonds is 11. The molecule has 0 amide bonds. The summed E-state index contributed by atoms with van der Waals surface area (Å²) in [6, 6.07) is 141. The van der Waals surface area contributed by atoms with Crippen LogP contribution in [0.3, 0.4) is 0 Å². The molecule has 0 radical (unpaired) electrons. The van der Waals surface area contributed by atoms with E-state index in [1.165, 1.54) is 208 Å². The molecular weight excluding hydrogens is 1340 g/mol. The van der Waals surface area contributed by atoms with Crippen LogP contribution in [0.15, 0.2) is 364 Å². The van der Waals surface area contributed by atoms with Crippen molar-refractivity contribution in [3.63, 3.8) is 0 Å². The lowest BCUT2D eigenvalue weighted by Crippen LogP contribution is -2.62. The van der Waals surface area contributed by atoms with Gasteiger partial charge in [-0.1, -0.05) is 315 Å². The standard InChI is InChI=1S/C107H74BN3/c1-7-21-68(22-8-1)82-58-91(70-25-11-3-12-26-70)106(92(59-82)71-27-13-4-14-28-71)110-97-62-80(87-47-41-78-39-37-74-33-19-35-76-43-49-89(87)103(78)101(74)76)45-51-95(97)108-96-52-46-81(88-48-42-79-40-38-75-34-20-36-77-44-50-90(88)104(79)102(75)77)63-98(96)111(100-65-86(64-99(110)105(100)108)109-84-54-66-53-67(56-84)57-85(109)55-66)107-93(72-29-15-5-16-30-72)60-83(69-23-9-2-10-24-69)61-94(107)73-31-17-6-18-32-73/h1-52,58-67,84-85H,53-57H2. The summed E-state index contributed by atoms with van der Waals surface area (Å²) in [4.78, 5) is 8.59. The molecule has 111 heavy (non-hydrogen) atoms. The molecule has 2 saturated heterocycles. The van der Waals surface area contributed by atoms with Crippen molar-refractivity contribution >= 4 is 128 Å². The zero-order chi connectivity index (χ0) is 72.5. The predicted molar refractivity (Wildman–Crippen MR) is 471 cm³/mol. The number of anilines is 7. The molecule has 6 aliphatic rings. The summed E-state index contributed by atoms with van der Waals surface area (Å²) in [7, 11) is 0. The van der Waals surface area contributed by atoms with Crippen LogP contribution in [0.1, 0.15) is 32.1 Å². The lowest BCUT2D eigenvalue weighted by atomic mass is 9.33. The number of fused-ring (bicyclic) bond motifs is 4. The molecule has 25 rings (SSSR count). The molecule has 0 spiro atoms. The van der Waals surface area contributed by atoms with Gasteiger partial charge in [0.15, 0.2) is 0 Å². The number of hydrogen-bond acceptors (Lipinski definition) is 3. The van der Waals surface area contributed by atoms with Gasteiger partial charge < -0.3 is 14.7 Å². The van der Waals surface area contributed by atoms with E-state index in [9.17, 15) is 0 Å². The number of piperidine rings is 2. The largest absolute Gasteiger partial charge is 0.365 e. The van der Waals surface area contributed by atoms with Gasteiger partial charge >= 0.3 is 0 Å². The third kappa shape index (κ3) is 9.73. The van der Waals surface area contributed by atoms with E-state index in [0.717, 1.165) is 45.5 Å². The van der Waals surface area contributed by atoms with E-state index in [1.807, 2.05) is 0 Å². The van der Waals surface area contributed by atoms with E-state index in [2.05, 4.69) is 379 Å². The zero-order valence-corrected chi connectivity index (χ0v) is 61.4. The number of nitrogens with zero attached hydrogens (tertiary/aromatic N) is 3. The van der Waals surface area contributed by atoms with Gasteiger partial charge in [0.2, 0.25) is 0 Å². The minimum atomic E-state index is -0.228. The third-order valence-corrected chi connectivity index (χ3v) is 26.1. The molecule has 19 aromatic rings. The Morgan fingerprint density at radius 1 is 0.225 bits per heavy atom. The van der Waals surface area contributed by atoms with E-state index < -0.39 is 0 Å². The molecule has 0 N–H and O–H groups in total. The fraction of sp³-hybridized carbons (Fsp3) is 0.0841. The van der Waals surface area contributed by atoms with E-state index in [0.29, 0.717) is 12.1 Å². The first-order valence-electron chi connectivity index (χ1n) is 39.9. The van der Waals surface area contributed by atoms with Crippen LogP contribution in [-0.4, -0.2) is 18.8 Å². The van der Waals surface area contributed by atoms with Gasteiger partial charge in [-0.05, 0) is 240 Å². The van der Waals surface area contributed by atoms with E-state index in [1.54, 1.807) is 0 Å². The lowest BCUT2D eigenvalue weighted by molar-refractivity contribution is 0.0900. The molecule has 4 heteroatoms. The second kappa shape index (κ2) is 24.6. The van der Waals surface area contributed by atoms with Crippen molar-refractivity contribution in [2.24, 2.45) is 11.8 Å². The van der Waals surface area contributed by atoms with Gasteiger partial charge in [0.25, 0.3) is 6.71 Å². The van der Waals surface area contributed by atoms with Crippen LogP contribution < -0.4 is 31.1 Å². The Balaban J connectivity index is 0.868. The lowest BCUT2D eigenvalue weighted by Gasteiger charge is -2.58. The van der Waals surface area contributed by atoms with Crippen LogP contribution in [0.4, 0.5) is 39.8 Å². The van der Waals surface area contributed by atoms with E-state index >= 15 is 0 Å². The van der Waals surface area contributed by atoms with E-state index in [4.69, 9.17) is 0 Å². The zero-order valence-electron chi connectivity index (χ0n) is 61.4. The fourth-order valence-corrected chi connectivity index (χ4v) is 21.6. The molecule has 0 unspecified atom stereocenters. The van der Waals surface area contributed by atoms with Crippen LogP contribution in [0.2, 0.25) is 0 Å². The van der Waals surface area contributed by atoms with Gasteiger partial charge in [-0.2, -0.15) is 0 Å². The highest BCUT2D eigenvalue weighted by molar-refractivity contribution is 7.00. The summed E-state index contributed by atoms with van der Waals surface area (Å²) in [6.07, 6.45) is 6.26. The Morgan fingerprint density at radius 2 is 0.550 bits per heavy atom. The van der Waals surface area contributed by atoms with Gasteiger partial charge in [0.05, 0.1) is 11.4 Å². The van der Waals surface area contributed by atoms with Gasteiger partial charge in [-0.15, -0.1) is 0 Å². The Morgan fingerprint density at radius 3 is 0.910 bits per heavy atom. The Labute approximate surface area is 647 Å². The molecule has 2 saturated carbocycles.